The van der Waals surface area contributed by atoms with Crippen molar-refractivity contribution in [2.75, 3.05) is 0 Å². The third-order valence-corrected chi connectivity index (χ3v) is 12.0. The largest absolute Gasteiger partial charge is 0.393 e. The Balaban J connectivity index is 1.59. The molecule has 2 nitrogen and oxygen atoms in total. The Bertz CT molecular complexity index is 706. The number of hydrogen-bond acceptors (Lipinski definition) is 2. The van der Waals surface area contributed by atoms with Gasteiger partial charge < -0.3 is 10.2 Å². The molecule has 10 atom stereocenters. The quantitative estimate of drug-likeness (QED) is 0.465. The number of fused-ring (bicyclic) bond motifs is 5. The van der Waals surface area contributed by atoms with Crippen LogP contribution in [-0.4, -0.2) is 21.9 Å². The van der Waals surface area contributed by atoms with E-state index in [-0.39, 0.29) is 6.10 Å². The van der Waals surface area contributed by atoms with Crippen LogP contribution in [0.2, 0.25) is 0 Å². The maximum atomic E-state index is 11.6. The first-order valence-electron chi connectivity index (χ1n) is 13.4. The van der Waals surface area contributed by atoms with Crippen molar-refractivity contribution in [2.24, 2.45) is 45.8 Å². The van der Waals surface area contributed by atoms with Crippen LogP contribution in [0.4, 0.5) is 0 Å². The van der Waals surface area contributed by atoms with Crippen LogP contribution in [-0.2, 0) is 0 Å². The second-order valence-corrected chi connectivity index (χ2v) is 13.5. The molecule has 4 fully saturated rings. The summed E-state index contributed by atoms with van der Waals surface area (Å²) in [4.78, 5) is 0. The van der Waals surface area contributed by atoms with Crippen molar-refractivity contribution in [1.29, 1.82) is 0 Å². The first kappa shape index (κ1) is 23.8. The van der Waals surface area contributed by atoms with Gasteiger partial charge in [0.1, 0.15) is 0 Å². The molecular formula is C29H50O2. The number of allylic oxidation sites excluding steroid dienone is 2. The summed E-state index contributed by atoms with van der Waals surface area (Å²) in [5.41, 5.74) is 1.89. The highest BCUT2D eigenvalue weighted by atomic mass is 16.3. The Hall–Kier alpha value is -0.340. The molecular weight excluding hydrogens is 380 g/mol. The predicted molar refractivity (Wildman–Crippen MR) is 130 cm³/mol. The van der Waals surface area contributed by atoms with Crippen molar-refractivity contribution in [1.82, 2.24) is 0 Å². The average molecular weight is 431 g/mol. The van der Waals surface area contributed by atoms with E-state index in [1.54, 1.807) is 0 Å². The van der Waals surface area contributed by atoms with Gasteiger partial charge in [-0.1, -0.05) is 39.3 Å². The summed E-state index contributed by atoms with van der Waals surface area (Å²) in [6.07, 6.45) is 14.0. The molecule has 0 aliphatic heterocycles. The van der Waals surface area contributed by atoms with Crippen LogP contribution >= 0.6 is 0 Å². The molecule has 0 heterocycles. The Kier molecular flexibility index (Phi) is 6.04. The molecule has 0 amide bonds. The summed E-state index contributed by atoms with van der Waals surface area (Å²) in [6, 6.07) is 0. The maximum absolute atomic E-state index is 11.6. The van der Waals surface area contributed by atoms with Crippen LogP contribution in [0.5, 0.6) is 0 Å². The molecule has 4 rings (SSSR count). The minimum absolute atomic E-state index is 0.0962. The van der Waals surface area contributed by atoms with Crippen LogP contribution in [0.3, 0.4) is 0 Å². The van der Waals surface area contributed by atoms with Crippen LogP contribution in [0.15, 0.2) is 11.6 Å². The van der Waals surface area contributed by atoms with E-state index in [4.69, 9.17) is 0 Å². The van der Waals surface area contributed by atoms with Crippen molar-refractivity contribution >= 4 is 0 Å². The molecule has 0 aromatic carbocycles. The molecule has 31 heavy (non-hydrogen) atoms. The Morgan fingerprint density at radius 2 is 1.61 bits per heavy atom. The minimum atomic E-state index is -0.553. The van der Waals surface area contributed by atoms with Gasteiger partial charge in [-0.3, -0.25) is 0 Å². The molecule has 2 heteroatoms. The van der Waals surface area contributed by atoms with Crippen molar-refractivity contribution in [3.8, 4) is 0 Å². The monoisotopic (exact) mass is 430 g/mol. The van der Waals surface area contributed by atoms with Crippen LogP contribution in [0.1, 0.15) is 113 Å². The lowest BCUT2D eigenvalue weighted by molar-refractivity contribution is -0.207. The number of aliphatic hydroxyl groups is 2. The van der Waals surface area contributed by atoms with E-state index < -0.39 is 5.60 Å². The standard InChI is InChI=1S/C29H50O2/c1-19(2)9-8-15-29(7,31)23-13-17-27(5)22(23)10-11-25-26(4)16-14-24(30)20(3)21(26)12-18-28(25,27)6/h9,20-25,30-31H,8,10-18H2,1-7H3. The Morgan fingerprint density at radius 1 is 0.935 bits per heavy atom. The summed E-state index contributed by atoms with van der Waals surface area (Å²) in [6.45, 7) is 16.6. The van der Waals surface area contributed by atoms with Crippen molar-refractivity contribution in [2.45, 2.75) is 124 Å². The number of aliphatic hydroxyl groups excluding tert-OH is 1. The Labute approximate surface area is 192 Å². The van der Waals surface area contributed by atoms with Gasteiger partial charge in [-0.05, 0) is 131 Å². The van der Waals surface area contributed by atoms with Crippen LogP contribution < -0.4 is 0 Å². The molecule has 178 valence electrons. The third-order valence-electron chi connectivity index (χ3n) is 12.0. The third kappa shape index (κ3) is 3.49. The maximum Gasteiger partial charge on any atom is 0.0653 e. The van der Waals surface area contributed by atoms with Gasteiger partial charge in [-0.25, -0.2) is 0 Å². The lowest BCUT2D eigenvalue weighted by Crippen LogP contribution is -2.62. The summed E-state index contributed by atoms with van der Waals surface area (Å²) >= 11 is 0. The van der Waals surface area contributed by atoms with E-state index in [0.29, 0.717) is 39.9 Å². The first-order valence-corrected chi connectivity index (χ1v) is 13.4. The fourth-order valence-corrected chi connectivity index (χ4v) is 9.93. The van der Waals surface area contributed by atoms with Gasteiger partial charge in [0.15, 0.2) is 0 Å². The second kappa shape index (κ2) is 7.86. The smallest absolute Gasteiger partial charge is 0.0653 e. The van der Waals surface area contributed by atoms with E-state index in [9.17, 15) is 10.2 Å². The molecule has 2 N–H and O–H groups in total. The van der Waals surface area contributed by atoms with Gasteiger partial charge in [0.2, 0.25) is 0 Å². The van der Waals surface area contributed by atoms with Gasteiger partial charge in [0.05, 0.1) is 11.7 Å². The molecule has 4 saturated carbocycles. The Morgan fingerprint density at radius 3 is 2.29 bits per heavy atom. The van der Waals surface area contributed by atoms with E-state index in [2.05, 4.69) is 54.5 Å². The summed E-state index contributed by atoms with van der Waals surface area (Å²) in [5, 5.41) is 22.2. The summed E-state index contributed by atoms with van der Waals surface area (Å²) in [5.74, 6) is 2.99. The van der Waals surface area contributed by atoms with Crippen LogP contribution in [0, 0.1) is 45.8 Å². The normalized spacial score (nSPS) is 51.3. The molecule has 10 unspecified atom stereocenters. The molecule has 0 bridgehead atoms. The summed E-state index contributed by atoms with van der Waals surface area (Å²) < 4.78 is 0. The zero-order chi connectivity index (χ0) is 22.8. The van der Waals surface area contributed by atoms with E-state index in [1.165, 1.54) is 50.5 Å². The van der Waals surface area contributed by atoms with Crippen molar-refractivity contribution < 1.29 is 10.2 Å². The molecule has 4 aliphatic carbocycles. The van der Waals surface area contributed by atoms with Gasteiger partial charge in [0.25, 0.3) is 0 Å². The molecule has 0 spiro atoms. The zero-order valence-corrected chi connectivity index (χ0v) is 21.5. The number of hydrogen-bond donors (Lipinski definition) is 2. The van der Waals surface area contributed by atoms with Gasteiger partial charge in [-0.2, -0.15) is 0 Å². The lowest BCUT2D eigenvalue weighted by Gasteiger charge is -2.68. The van der Waals surface area contributed by atoms with Crippen molar-refractivity contribution in [3.05, 3.63) is 11.6 Å². The lowest BCUT2D eigenvalue weighted by atomic mass is 9.37. The molecule has 0 saturated heterocycles. The highest BCUT2D eigenvalue weighted by Crippen LogP contribution is 2.74. The highest BCUT2D eigenvalue weighted by molar-refractivity contribution is 5.17. The zero-order valence-electron chi connectivity index (χ0n) is 21.5. The average Bonchev–Trinajstić information content (AvgIpc) is 3.04. The van der Waals surface area contributed by atoms with Gasteiger partial charge in [-0.15, -0.1) is 0 Å². The van der Waals surface area contributed by atoms with Gasteiger partial charge in [0, 0.05) is 0 Å². The highest BCUT2D eigenvalue weighted by Gasteiger charge is 2.68. The SMILES string of the molecule is CC(C)=CCCC(C)(O)C1CCC2(C)C1CCC1C3(C)CCC(O)C(C)C3CCC12C. The molecule has 0 aromatic rings. The molecule has 4 aliphatic rings. The van der Waals surface area contributed by atoms with E-state index >= 15 is 0 Å². The van der Waals surface area contributed by atoms with E-state index in [0.717, 1.165) is 25.2 Å². The number of rotatable bonds is 4. The first-order chi connectivity index (χ1) is 14.4. The van der Waals surface area contributed by atoms with Crippen LogP contribution in [0.25, 0.3) is 0 Å². The fourth-order valence-electron chi connectivity index (χ4n) is 9.93. The minimum Gasteiger partial charge on any atom is -0.393 e. The van der Waals surface area contributed by atoms with E-state index in [1.807, 2.05) is 0 Å². The second-order valence-electron chi connectivity index (χ2n) is 13.5. The van der Waals surface area contributed by atoms with Crippen molar-refractivity contribution in [3.63, 3.8) is 0 Å². The topological polar surface area (TPSA) is 40.5 Å². The molecule has 0 radical (unpaired) electrons. The predicted octanol–water partition coefficient (Wildman–Crippen LogP) is 7.14. The summed E-state index contributed by atoms with van der Waals surface area (Å²) in [7, 11) is 0. The molecule has 0 aromatic heterocycles. The fraction of sp³-hybridized carbons (Fsp3) is 0.931. The van der Waals surface area contributed by atoms with Gasteiger partial charge >= 0.3 is 0 Å².